The molecule has 3 heteroatoms. The molecule has 0 saturated carbocycles. The van der Waals surface area contributed by atoms with Crippen LogP contribution in [0.2, 0.25) is 0 Å². The number of nitrogens with one attached hydrogen (secondary N) is 1. The highest BCUT2D eigenvalue weighted by Crippen LogP contribution is 1.96. The molecule has 0 bridgehead atoms. The molecule has 1 rings (SSSR count). The van der Waals surface area contributed by atoms with Gasteiger partial charge in [-0.15, -0.1) is 0 Å². The second-order valence-electron chi connectivity index (χ2n) is 3.41. The second kappa shape index (κ2) is 7.42. The summed E-state index contributed by atoms with van der Waals surface area (Å²) >= 11 is 0. The number of hydrogen-bond donors (Lipinski definition) is 1. The summed E-state index contributed by atoms with van der Waals surface area (Å²) < 4.78 is 5.33. The molecule has 0 saturated heterocycles. The van der Waals surface area contributed by atoms with Crippen molar-refractivity contribution in [2.45, 2.75) is 32.6 Å². The van der Waals surface area contributed by atoms with Crippen molar-refractivity contribution in [3.63, 3.8) is 0 Å². The lowest BCUT2D eigenvalue weighted by Gasteiger charge is -1.99. The zero-order chi connectivity index (χ0) is 10.1. The van der Waals surface area contributed by atoms with E-state index >= 15 is 0 Å². The molecule has 0 spiro atoms. The minimum atomic E-state index is 0.838. The van der Waals surface area contributed by atoms with Crippen molar-refractivity contribution in [1.82, 2.24) is 5.32 Å². The van der Waals surface area contributed by atoms with Gasteiger partial charge in [0.05, 0.1) is 19.4 Å². The van der Waals surface area contributed by atoms with Crippen LogP contribution < -0.4 is 5.32 Å². The number of amidine groups is 1. The zero-order valence-electron chi connectivity index (χ0n) is 8.96. The van der Waals surface area contributed by atoms with E-state index in [1.807, 2.05) is 6.08 Å². The zero-order valence-corrected chi connectivity index (χ0v) is 8.96. The predicted molar refractivity (Wildman–Crippen MR) is 59.5 cm³/mol. The van der Waals surface area contributed by atoms with Crippen LogP contribution in [0.25, 0.3) is 0 Å². The van der Waals surface area contributed by atoms with Crippen LogP contribution in [0.15, 0.2) is 17.3 Å². The number of nitrogens with zero attached hydrogens (tertiary/aromatic N) is 1. The normalized spacial score (nSPS) is 15.6. The SMILES string of the molecule is CCCCCOC=CCC1=NCCN1. The number of ether oxygens (including phenoxy) is 1. The molecule has 1 N–H and O–H groups in total. The molecule has 0 radical (unpaired) electrons. The molecular weight excluding hydrogens is 176 g/mol. The van der Waals surface area contributed by atoms with E-state index in [1.165, 1.54) is 12.8 Å². The number of aliphatic imine (C=N–C) groups is 1. The van der Waals surface area contributed by atoms with Gasteiger partial charge in [0.15, 0.2) is 0 Å². The van der Waals surface area contributed by atoms with Gasteiger partial charge >= 0.3 is 0 Å². The van der Waals surface area contributed by atoms with Crippen LogP contribution in [-0.4, -0.2) is 25.5 Å². The topological polar surface area (TPSA) is 33.6 Å². The third-order valence-corrected chi connectivity index (χ3v) is 2.11. The highest BCUT2D eigenvalue weighted by Gasteiger charge is 2.00. The summed E-state index contributed by atoms with van der Waals surface area (Å²) in [4.78, 5) is 4.28. The Morgan fingerprint density at radius 1 is 1.50 bits per heavy atom. The Kier molecular flexibility index (Phi) is 5.87. The van der Waals surface area contributed by atoms with E-state index in [2.05, 4.69) is 17.2 Å². The van der Waals surface area contributed by atoms with E-state index in [0.717, 1.165) is 38.4 Å². The first-order chi connectivity index (χ1) is 6.93. The highest BCUT2D eigenvalue weighted by molar-refractivity contribution is 5.84. The minimum absolute atomic E-state index is 0.838. The van der Waals surface area contributed by atoms with Gasteiger partial charge in [0, 0.05) is 13.0 Å². The van der Waals surface area contributed by atoms with Gasteiger partial charge in [-0.1, -0.05) is 19.8 Å². The Balaban J connectivity index is 1.92. The quantitative estimate of drug-likeness (QED) is 0.499. The number of rotatable bonds is 7. The van der Waals surface area contributed by atoms with Gasteiger partial charge in [0.1, 0.15) is 5.84 Å². The van der Waals surface area contributed by atoms with Crippen LogP contribution >= 0.6 is 0 Å². The Labute approximate surface area is 86.3 Å². The van der Waals surface area contributed by atoms with E-state index < -0.39 is 0 Å². The van der Waals surface area contributed by atoms with E-state index in [4.69, 9.17) is 4.74 Å². The van der Waals surface area contributed by atoms with Crippen LogP contribution in [0, 0.1) is 0 Å². The lowest BCUT2D eigenvalue weighted by atomic mass is 10.3. The van der Waals surface area contributed by atoms with Gasteiger partial charge in [-0.25, -0.2) is 0 Å². The molecule has 0 amide bonds. The van der Waals surface area contributed by atoms with Crippen molar-refractivity contribution >= 4 is 5.84 Å². The fourth-order valence-corrected chi connectivity index (χ4v) is 1.31. The summed E-state index contributed by atoms with van der Waals surface area (Å²) in [5, 5.41) is 3.21. The van der Waals surface area contributed by atoms with Crippen LogP contribution in [0.5, 0.6) is 0 Å². The highest BCUT2D eigenvalue weighted by atomic mass is 16.5. The first-order valence-electron chi connectivity index (χ1n) is 5.47. The Morgan fingerprint density at radius 2 is 2.43 bits per heavy atom. The van der Waals surface area contributed by atoms with E-state index in [9.17, 15) is 0 Å². The average Bonchev–Trinajstić information content (AvgIpc) is 2.69. The van der Waals surface area contributed by atoms with Crippen molar-refractivity contribution < 1.29 is 4.74 Å². The molecule has 1 heterocycles. The summed E-state index contributed by atoms with van der Waals surface area (Å²) in [6, 6.07) is 0. The van der Waals surface area contributed by atoms with Crippen LogP contribution in [0.3, 0.4) is 0 Å². The Bertz CT molecular complexity index is 199. The standard InChI is InChI=1S/C11H20N2O/c1-2-3-4-9-14-10-5-6-11-12-7-8-13-11/h5,10H,2-4,6-9H2,1H3,(H,12,13). The molecule has 14 heavy (non-hydrogen) atoms. The lowest BCUT2D eigenvalue weighted by molar-refractivity contribution is 0.241. The molecule has 0 aromatic carbocycles. The summed E-state index contributed by atoms with van der Waals surface area (Å²) in [6.45, 7) is 4.94. The molecule has 0 aromatic rings. The fourth-order valence-electron chi connectivity index (χ4n) is 1.31. The summed E-state index contributed by atoms with van der Waals surface area (Å²) in [7, 11) is 0. The van der Waals surface area contributed by atoms with Crippen molar-refractivity contribution in [1.29, 1.82) is 0 Å². The smallest absolute Gasteiger partial charge is 0.100 e. The van der Waals surface area contributed by atoms with E-state index in [1.54, 1.807) is 6.26 Å². The number of unbranched alkanes of at least 4 members (excludes halogenated alkanes) is 2. The first kappa shape index (κ1) is 11.1. The van der Waals surface area contributed by atoms with Crippen molar-refractivity contribution in [2.75, 3.05) is 19.7 Å². The molecule has 0 aliphatic carbocycles. The molecule has 1 aliphatic heterocycles. The second-order valence-corrected chi connectivity index (χ2v) is 3.41. The van der Waals surface area contributed by atoms with Gasteiger partial charge in [-0.2, -0.15) is 0 Å². The Hall–Kier alpha value is -0.990. The molecule has 0 unspecified atom stereocenters. The summed E-state index contributed by atoms with van der Waals surface area (Å²) in [6.07, 6.45) is 8.32. The van der Waals surface area contributed by atoms with Crippen LogP contribution in [-0.2, 0) is 4.74 Å². The molecule has 0 aromatic heterocycles. The summed E-state index contributed by atoms with van der Waals surface area (Å²) in [5.41, 5.74) is 0. The maximum Gasteiger partial charge on any atom is 0.100 e. The monoisotopic (exact) mass is 196 g/mol. The lowest BCUT2D eigenvalue weighted by Crippen LogP contribution is -2.17. The molecule has 1 aliphatic rings. The number of hydrogen-bond acceptors (Lipinski definition) is 3. The Morgan fingerprint density at radius 3 is 3.14 bits per heavy atom. The average molecular weight is 196 g/mol. The van der Waals surface area contributed by atoms with Crippen molar-refractivity contribution in [3.05, 3.63) is 12.3 Å². The third-order valence-electron chi connectivity index (χ3n) is 2.11. The fraction of sp³-hybridized carbons (Fsp3) is 0.727. The molecule has 80 valence electrons. The largest absolute Gasteiger partial charge is 0.502 e. The molecule has 0 atom stereocenters. The van der Waals surface area contributed by atoms with E-state index in [0.29, 0.717) is 0 Å². The van der Waals surface area contributed by atoms with Gasteiger partial charge in [-0.05, 0) is 12.5 Å². The molecule has 3 nitrogen and oxygen atoms in total. The molecule has 0 fully saturated rings. The third kappa shape index (κ3) is 4.90. The predicted octanol–water partition coefficient (Wildman–Crippen LogP) is 2.10. The van der Waals surface area contributed by atoms with E-state index in [-0.39, 0.29) is 0 Å². The van der Waals surface area contributed by atoms with Gasteiger partial charge in [0.25, 0.3) is 0 Å². The van der Waals surface area contributed by atoms with Gasteiger partial charge in [-0.3, -0.25) is 4.99 Å². The molecular formula is C11H20N2O. The van der Waals surface area contributed by atoms with Crippen LogP contribution in [0.4, 0.5) is 0 Å². The summed E-state index contributed by atoms with van der Waals surface area (Å²) in [5.74, 6) is 1.08. The van der Waals surface area contributed by atoms with Crippen molar-refractivity contribution in [3.8, 4) is 0 Å². The van der Waals surface area contributed by atoms with Gasteiger partial charge in [0.2, 0.25) is 0 Å². The van der Waals surface area contributed by atoms with Crippen LogP contribution in [0.1, 0.15) is 32.6 Å². The first-order valence-corrected chi connectivity index (χ1v) is 5.47. The van der Waals surface area contributed by atoms with Gasteiger partial charge < -0.3 is 10.1 Å². The van der Waals surface area contributed by atoms with Crippen molar-refractivity contribution in [2.24, 2.45) is 4.99 Å². The minimum Gasteiger partial charge on any atom is -0.502 e. The maximum atomic E-state index is 5.33. The maximum absolute atomic E-state index is 5.33.